The van der Waals surface area contributed by atoms with Crippen LogP contribution in [-0.4, -0.2) is 5.11 Å². The first-order valence-electron chi connectivity index (χ1n) is 19.7. The molecule has 4 aromatic carbocycles. The van der Waals surface area contributed by atoms with E-state index in [0.29, 0.717) is 23.5 Å². The molecular weight excluding hydrogens is 593 g/mol. The Kier molecular flexibility index (Phi) is 14.6. The molecule has 1 nitrogen and oxygen atoms in total. The van der Waals surface area contributed by atoms with Gasteiger partial charge >= 0.3 is 0 Å². The predicted octanol–water partition coefficient (Wildman–Crippen LogP) is 14.1. The quantitative estimate of drug-likeness (QED) is 0.113. The molecule has 0 aliphatic carbocycles. The van der Waals surface area contributed by atoms with Crippen LogP contribution in [0.2, 0.25) is 0 Å². The van der Waals surface area contributed by atoms with Crippen LogP contribution in [0.4, 0.5) is 0 Å². The molecule has 0 aliphatic rings. The molecular formula is C48H66O. The second kappa shape index (κ2) is 18.6. The lowest BCUT2D eigenvalue weighted by atomic mass is 9.70. The molecule has 0 heterocycles. The number of aryl methyl sites for hydroxylation is 3. The van der Waals surface area contributed by atoms with Crippen LogP contribution >= 0.6 is 0 Å². The van der Waals surface area contributed by atoms with Gasteiger partial charge in [0.15, 0.2) is 0 Å². The summed E-state index contributed by atoms with van der Waals surface area (Å²) in [5, 5.41) is 11.9. The van der Waals surface area contributed by atoms with Crippen molar-refractivity contribution in [2.24, 2.45) is 0 Å². The summed E-state index contributed by atoms with van der Waals surface area (Å²) in [6.07, 6.45) is 10.6. The van der Waals surface area contributed by atoms with E-state index in [1.54, 1.807) is 0 Å². The highest BCUT2D eigenvalue weighted by molar-refractivity contribution is 5.53. The molecule has 0 bridgehead atoms. The highest BCUT2D eigenvalue weighted by Crippen LogP contribution is 2.49. The van der Waals surface area contributed by atoms with Crippen LogP contribution in [0.25, 0.3) is 0 Å². The highest BCUT2D eigenvalue weighted by Gasteiger charge is 2.33. The Bertz CT molecular complexity index is 1600. The molecule has 1 heteroatoms. The molecule has 1 N–H and O–H groups in total. The lowest BCUT2D eigenvalue weighted by molar-refractivity contribution is 0.448. The maximum Gasteiger partial charge on any atom is 0.119 e. The Balaban J connectivity index is 1.88. The number of benzene rings is 4. The first-order valence-corrected chi connectivity index (χ1v) is 19.7. The average Bonchev–Trinajstić information content (AvgIpc) is 3.13. The van der Waals surface area contributed by atoms with Gasteiger partial charge in [0.1, 0.15) is 5.75 Å². The van der Waals surface area contributed by atoms with Crippen molar-refractivity contribution < 1.29 is 5.11 Å². The standard InChI is InChI=1S/C48H66O/c1-10-13-22-39-25-16-19-28-42(39)33(4)34(5)45-31-32-46(49)48(38(9)36(7)44-30-21-18-27-41(44)24-15-12-3)47(45)37(8)35(6)43-29-20-17-26-40(43)23-14-11-2/h16-21,25-38,49H,10-15,22-24H2,1-9H3. The number of unbranched alkanes of at least 4 members (excludes halogenated alkanes) is 3. The third kappa shape index (κ3) is 9.08. The normalized spacial score (nSPS) is 15.4. The molecule has 6 unspecified atom stereocenters. The molecule has 0 saturated heterocycles. The van der Waals surface area contributed by atoms with Crippen LogP contribution in [0.3, 0.4) is 0 Å². The third-order valence-electron chi connectivity index (χ3n) is 12.0. The fourth-order valence-electron chi connectivity index (χ4n) is 8.32. The van der Waals surface area contributed by atoms with Gasteiger partial charge in [0.25, 0.3) is 0 Å². The van der Waals surface area contributed by atoms with E-state index in [0.717, 1.165) is 24.8 Å². The molecule has 0 radical (unpaired) electrons. The van der Waals surface area contributed by atoms with Crippen LogP contribution in [-0.2, 0) is 19.3 Å². The molecule has 49 heavy (non-hydrogen) atoms. The number of phenolic OH excluding ortho intramolecular Hbond substituents is 1. The minimum Gasteiger partial charge on any atom is -0.508 e. The van der Waals surface area contributed by atoms with Gasteiger partial charge in [0.2, 0.25) is 0 Å². The molecule has 264 valence electrons. The van der Waals surface area contributed by atoms with E-state index in [2.05, 4.69) is 141 Å². The number of hydrogen-bond donors (Lipinski definition) is 1. The number of phenols is 1. The largest absolute Gasteiger partial charge is 0.508 e. The average molecular weight is 659 g/mol. The smallest absolute Gasteiger partial charge is 0.119 e. The van der Waals surface area contributed by atoms with Gasteiger partial charge in [-0.15, -0.1) is 0 Å². The summed E-state index contributed by atoms with van der Waals surface area (Å²) in [5.41, 5.74) is 12.7. The van der Waals surface area contributed by atoms with Crippen LogP contribution in [0, 0.1) is 0 Å². The van der Waals surface area contributed by atoms with Crippen molar-refractivity contribution in [3.63, 3.8) is 0 Å². The van der Waals surface area contributed by atoms with E-state index in [-0.39, 0.29) is 17.8 Å². The van der Waals surface area contributed by atoms with E-state index in [9.17, 15) is 5.11 Å². The Morgan fingerprint density at radius 2 is 0.714 bits per heavy atom. The molecule has 6 atom stereocenters. The topological polar surface area (TPSA) is 20.2 Å². The number of aromatic hydroxyl groups is 1. The van der Waals surface area contributed by atoms with E-state index < -0.39 is 0 Å². The number of rotatable bonds is 18. The van der Waals surface area contributed by atoms with Crippen molar-refractivity contribution in [3.05, 3.63) is 135 Å². The van der Waals surface area contributed by atoms with Crippen LogP contribution < -0.4 is 0 Å². The van der Waals surface area contributed by atoms with Gasteiger partial charge < -0.3 is 5.11 Å². The zero-order valence-corrected chi connectivity index (χ0v) is 32.4. The Morgan fingerprint density at radius 1 is 0.388 bits per heavy atom. The van der Waals surface area contributed by atoms with E-state index in [4.69, 9.17) is 0 Å². The molecule has 0 spiro atoms. The van der Waals surface area contributed by atoms with Gasteiger partial charge in [-0.05, 0) is 125 Å². The second-order valence-corrected chi connectivity index (χ2v) is 15.1. The molecule has 0 amide bonds. The molecule has 4 aromatic rings. The first-order chi connectivity index (χ1) is 23.7. The summed E-state index contributed by atoms with van der Waals surface area (Å²) < 4.78 is 0. The zero-order valence-electron chi connectivity index (χ0n) is 32.4. The Morgan fingerprint density at radius 3 is 1.10 bits per heavy atom. The summed E-state index contributed by atoms with van der Waals surface area (Å²) >= 11 is 0. The predicted molar refractivity (Wildman–Crippen MR) is 214 cm³/mol. The van der Waals surface area contributed by atoms with Crippen molar-refractivity contribution in [2.45, 2.75) is 156 Å². The fraction of sp³-hybridized carbons (Fsp3) is 0.500. The maximum absolute atomic E-state index is 11.9. The van der Waals surface area contributed by atoms with E-state index in [1.165, 1.54) is 83.0 Å². The van der Waals surface area contributed by atoms with E-state index >= 15 is 0 Å². The lowest BCUT2D eigenvalue weighted by Gasteiger charge is -2.35. The lowest BCUT2D eigenvalue weighted by Crippen LogP contribution is -2.19. The minimum atomic E-state index is 0.155. The zero-order chi connectivity index (χ0) is 35.5. The van der Waals surface area contributed by atoms with Crippen LogP contribution in [0.5, 0.6) is 5.75 Å². The minimum absolute atomic E-state index is 0.155. The molecule has 0 aromatic heterocycles. The molecule has 0 saturated carbocycles. The Hall–Kier alpha value is -3.32. The summed E-state index contributed by atoms with van der Waals surface area (Å²) in [6, 6.07) is 31.6. The van der Waals surface area contributed by atoms with Gasteiger partial charge in [-0.1, -0.05) is 160 Å². The third-order valence-corrected chi connectivity index (χ3v) is 12.0. The highest BCUT2D eigenvalue weighted by atomic mass is 16.3. The SMILES string of the molecule is CCCCc1ccccc1C(C)C(C)c1ccc(O)c(C(C)C(C)c2ccccc2CCCC)c1C(C)C(C)c1ccccc1CCCC. The maximum atomic E-state index is 11.9. The second-order valence-electron chi connectivity index (χ2n) is 15.1. The summed E-state index contributed by atoms with van der Waals surface area (Å²) in [5.74, 6) is 2.07. The molecule has 0 aliphatic heterocycles. The van der Waals surface area contributed by atoms with Crippen LogP contribution in [0.15, 0.2) is 84.9 Å². The monoisotopic (exact) mass is 659 g/mol. The Labute approximate surface area is 300 Å². The molecule has 4 rings (SSSR count). The van der Waals surface area contributed by atoms with Crippen molar-refractivity contribution in [1.82, 2.24) is 0 Å². The first kappa shape index (κ1) is 38.5. The van der Waals surface area contributed by atoms with E-state index in [1.807, 2.05) is 6.07 Å². The van der Waals surface area contributed by atoms with Crippen molar-refractivity contribution >= 4 is 0 Å². The summed E-state index contributed by atoms with van der Waals surface area (Å²) in [7, 11) is 0. The van der Waals surface area contributed by atoms with Gasteiger partial charge in [-0.3, -0.25) is 0 Å². The van der Waals surface area contributed by atoms with Crippen LogP contribution in [0.1, 0.15) is 186 Å². The van der Waals surface area contributed by atoms with Crippen molar-refractivity contribution in [1.29, 1.82) is 0 Å². The van der Waals surface area contributed by atoms with Gasteiger partial charge in [0, 0.05) is 5.56 Å². The van der Waals surface area contributed by atoms with Gasteiger partial charge in [0.05, 0.1) is 0 Å². The van der Waals surface area contributed by atoms with Crippen molar-refractivity contribution in [2.75, 3.05) is 0 Å². The van der Waals surface area contributed by atoms with Crippen molar-refractivity contribution in [3.8, 4) is 5.75 Å². The summed E-state index contributed by atoms with van der Waals surface area (Å²) in [4.78, 5) is 0. The summed E-state index contributed by atoms with van der Waals surface area (Å²) in [6.45, 7) is 21.3. The fourth-order valence-corrected chi connectivity index (χ4v) is 8.32. The molecule has 0 fully saturated rings. The van der Waals surface area contributed by atoms with Gasteiger partial charge in [-0.25, -0.2) is 0 Å². The van der Waals surface area contributed by atoms with Gasteiger partial charge in [-0.2, -0.15) is 0 Å². The number of hydrogen-bond acceptors (Lipinski definition) is 1.